The molecule has 0 aliphatic heterocycles. The van der Waals surface area contributed by atoms with Crippen LogP contribution in [0.15, 0.2) is 42.5 Å². The lowest BCUT2D eigenvalue weighted by Crippen LogP contribution is -2.37. The molecule has 5 nitrogen and oxygen atoms in total. The number of nitrogens with zero attached hydrogens (tertiary/aromatic N) is 1. The van der Waals surface area contributed by atoms with E-state index >= 15 is 0 Å². The summed E-state index contributed by atoms with van der Waals surface area (Å²) >= 11 is 11.8. The molecule has 0 saturated heterocycles. The monoisotopic (exact) mass is 386 g/mol. The number of aryl methyl sites for hydroxylation is 1. The summed E-state index contributed by atoms with van der Waals surface area (Å²) in [4.78, 5) is 12.2. The molecule has 0 atom stereocenters. The maximum absolute atomic E-state index is 12.2. The van der Waals surface area contributed by atoms with E-state index in [4.69, 9.17) is 23.2 Å². The lowest BCUT2D eigenvalue weighted by Gasteiger charge is -2.22. The Kier molecular flexibility index (Phi) is 5.74. The smallest absolute Gasteiger partial charge is 0.245 e. The van der Waals surface area contributed by atoms with E-state index in [9.17, 15) is 13.2 Å². The zero-order valence-electron chi connectivity index (χ0n) is 13.1. The minimum absolute atomic E-state index is 0.355. The van der Waals surface area contributed by atoms with Crippen LogP contribution in [0.2, 0.25) is 10.0 Å². The molecule has 2 aromatic carbocycles. The van der Waals surface area contributed by atoms with Crippen molar-refractivity contribution < 1.29 is 13.2 Å². The fraction of sp³-hybridized carbons (Fsp3) is 0.188. The summed E-state index contributed by atoms with van der Waals surface area (Å²) in [6.45, 7) is 1.54. The maximum Gasteiger partial charge on any atom is 0.245 e. The van der Waals surface area contributed by atoms with Gasteiger partial charge in [0.25, 0.3) is 0 Å². The van der Waals surface area contributed by atoms with Gasteiger partial charge in [0, 0.05) is 15.7 Å². The molecule has 1 N–H and O–H groups in total. The molecule has 2 aromatic rings. The average molecular weight is 387 g/mol. The number of halogens is 2. The van der Waals surface area contributed by atoms with Gasteiger partial charge in [-0.1, -0.05) is 40.9 Å². The molecule has 0 heterocycles. The SMILES string of the molecule is Cc1ccc(N(CC(=O)Nc2cc(Cl)cc(Cl)c2)S(C)(=O)=O)cc1. The van der Waals surface area contributed by atoms with Crippen molar-refractivity contribution in [3.8, 4) is 0 Å². The third-order valence-electron chi connectivity index (χ3n) is 3.16. The summed E-state index contributed by atoms with van der Waals surface area (Å²) < 4.78 is 25.1. The lowest BCUT2D eigenvalue weighted by molar-refractivity contribution is -0.114. The van der Waals surface area contributed by atoms with Crippen molar-refractivity contribution in [3.63, 3.8) is 0 Å². The topological polar surface area (TPSA) is 66.5 Å². The van der Waals surface area contributed by atoms with Crippen molar-refractivity contribution in [1.82, 2.24) is 0 Å². The van der Waals surface area contributed by atoms with Gasteiger partial charge < -0.3 is 5.32 Å². The fourth-order valence-corrected chi connectivity index (χ4v) is 3.45. The number of amides is 1. The van der Waals surface area contributed by atoms with Gasteiger partial charge in [-0.15, -0.1) is 0 Å². The molecule has 0 aliphatic rings. The first kappa shape index (κ1) is 18.6. The van der Waals surface area contributed by atoms with Crippen molar-refractivity contribution in [2.24, 2.45) is 0 Å². The molecule has 0 aliphatic carbocycles. The van der Waals surface area contributed by atoms with E-state index in [1.165, 1.54) is 18.2 Å². The fourth-order valence-electron chi connectivity index (χ4n) is 2.07. The van der Waals surface area contributed by atoms with Gasteiger partial charge in [-0.05, 0) is 37.3 Å². The molecule has 0 fully saturated rings. The van der Waals surface area contributed by atoms with Crippen molar-refractivity contribution >= 4 is 50.5 Å². The second kappa shape index (κ2) is 7.42. The standard InChI is InChI=1S/C16H16Cl2N2O3S/c1-11-3-5-15(6-4-11)20(24(2,22)23)10-16(21)19-14-8-12(17)7-13(18)9-14/h3-9H,10H2,1-2H3,(H,19,21). The van der Waals surface area contributed by atoms with Crippen molar-refractivity contribution in [3.05, 3.63) is 58.1 Å². The number of sulfonamides is 1. The molecule has 0 radical (unpaired) electrons. The Bertz CT molecular complexity index is 832. The molecule has 0 saturated carbocycles. The highest BCUT2D eigenvalue weighted by Gasteiger charge is 2.21. The number of rotatable bonds is 5. The maximum atomic E-state index is 12.2. The lowest BCUT2D eigenvalue weighted by atomic mass is 10.2. The number of hydrogen-bond donors (Lipinski definition) is 1. The zero-order chi connectivity index (χ0) is 17.9. The second-order valence-electron chi connectivity index (χ2n) is 5.31. The highest BCUT2D eigenvalue weighted by Crippen LogP contribution is 2.23. The van der Waals surface area contributed by atoms with E-state index in [-0.39, 0.29) is 6.54 Å². The molecule has 24 heavy (non-hydrogen) atoms. The van der Waals surface area contributed by atoms with E-state index in [0.29, 0.717) is 21.4 Å². The van der Waals surface area contributed by atoms with E-state index in [0.717, 1.165) is 16.1 Å². The summed E-state index contributed by atoms with van der Waals surface area (Å²) in [5.41, 5.74) is 1.81. The molecule has 0 bridgehead atoms. The normalized spacial score (nSPS) is 11.2. The summed E-state index contributed by atoms with van der Waals surface area (Å²) in [7, 11) is -3.61. The van der Waals surface area contributed by atoms with Crippen molar-refractivity contribution in [2.75, 3.05) is 22.4 Å². The van der Waals surface area contributed by atoms with E-state index in [1.54, 1.807) is 24.3 Å². The van der Waals surface area contributed by atoms with Crippen LogP contribution >= 0.6 is 23.2 Å². The molecule has 128 valence electrons. The number of carbonyl (C=O) groups is 1. The molecule has 0 unspecified atom stereocenters. The molecule has 1 amide bonds. The second-order valence-corrected chi connectivity index (χ2v) is 8.09. The van der Waals surface area contributed by atoms with Crippen LogP contribution in [-0.4, -0.2) is 27.1 Å². The van der Waals surface area contributed by atoms with Crippen LogP contribution in [0.1, 0.15) is 5.56 Å². The largest absolute Gasteiger partial charge is 0.324 e. The summed E-state index contributed by atoms with van der Waals surface area (Å²) in [6.07, 6.45) is 1.05. The molecule has 0 spiro atoms. The first-order valence-electron chi connectivity index (χ1n) is 6.95. The summed E-state index contributed by atoms with van der Waals surface area (Å²) in [5, 5.41) is 3.34. The molecule has 8 heteroatoms. The Balaban J connectivity index is 2.20. The number of anilines is 2. The first-order chi connectivity index (χ1) is 11.1. The average Bonchev–Trinajstić information content (AvgIpc) is 2.43. The number of nitrogens with one attached hydrogen (secondary N) is 1. The predicted molar refractivity (Wildman–Crippen MR) is 98.5 cm³/mol. The van der Waals surface area contributed by atoms with E-state index < -0.39 is 15.9 Å². The van der Waals surface area contributed by atoms with Crippen LogP contribution in [0.4, 0.5) is 11.4 Å². The van der Waals surface area contributed by atoms with Crippen LogP contribution < -0.4 is 9.62 Å². The Morgan fingerprint density at radius 3 is 2.12 bits per heavy atom. The Hall–Kier alpha value is -1.76. The zero-order valence-corrected chi connectivity index (χ0v) is 15.4. The van der Waals surface area contributed by atoms with Crippen LogP contribution in [0.25, 0.3) is 0 Å². The molecule has 0 aromatic heterocycles. The Morgan fingerprint density at radius 2 is 1.62 bits per heavy atom. The summed E-state index contributed by atoms with van der Waals surface area (Å²) in [6, 6.07) is 11.5. The third-order valence-corrected chi connectivity index (χ3v) is 4.73. The number of carbonyl (C=O) groups excluding carboxylic acids is 1. The minimum Gasteiger partial charge on any atom is -0.324 e. The van der Waals surface area contributed by atoms with Gasteiger partial charge in [0.1, 0.15) is 6.54 Å². The highest BCUT2D eigenvalue weighted by atomic mass is 35.5. The van der Waals surface area contributed by atoms with Crippen LogP contribution in [0.5, 0.6) is 0 Å². The number of hydrogen-bond acceptors (Lipinski definition) is 3. The van der Waals surface area contributed by atoms with Crippen LogP contribution in [0, 0.1) is 6.92 Å². The van der Waals surface area contributed by atoms with Crippen molar-refractivity contribution in [1.29, 1.82) is 0 Å². The van der Waals surface area contributed by atoms with Gasteiger partial charge in [0.2, 0.25) is 15.9 Å². The van der Waals surface area contributed by atoms with Gasteiger partial charge in [-0.2, -0.15) is 0 Å². The third kappa shape index (κ3) is 5.12. The Morgan fingerprint density at radius 1 is 1.08 bits per heavy atom. The van der Waals surface area contributed by atoms with Gasteiger partial charge in [-0.25, -0.2) is 8.42 Å². The highest BCUT2D eigenvalue weighted by molar-refractivity contribution is 7.92. The molecule has 2 rings (SSSR count). The quantitative estimate of drug-likeness (QED) is 0.851. The predicted octanol–water partition coefficient (Wildman–Crippen LogP) is 3.71. The van der Waals surface area contributed by atoms with Gasteiger partial charge in [-0.3, -0.25) is 9.10 Å². The summed E-state index contributed by atoms with van der Waals surface area (Å²) in [5.74, 6) is -0.501. The van der Waals surface area contributed by atoms with E-state index in [1.807, 2.05) is 6.92 Å². The Labute approximate surface area is 151 Å². The molecular formula is C16H16Cl2N2O3S. The minimum atomic E-state index is -3.61. The van der Waals surface area contributed by atoms with Gasteiger partial charge >= 0.3 is 0 Å². The van der Waals surface area contributed by atoms with Crippen molar-refractivity contribution in [2.45, 2.75) is 6.92 Å². The van der Waals surface area contributed by atoms with Gasteiger partial charge in [0.05, 0.1) is 11.9 Å². The van der Waals surface area contributed by atoms with Crippen LogP contribution in [-0.2, 0) is 14.8 Å². The molecular weight excluding hydrogens is 371 g/mol. The number of benzene rings is 2. The first-order valence-corrected chi connectivity index (χ1v) is 9.56. The van der Waals surface area contributed by atoms with Gasteiger partial charge in [0.15, 0.2) is 0 Å². The van der Waals surface area contributed by atoms with Crippen LogP contribution in [0.3, 0.4) is 0 Å². The van der Waals surface area contributed by atoms with E-state index in [2.05, 4.69) is 5.32 Å².